The van der Waals surface area contributed by atoms with Crippen molar-refractivity contribution in [2.75, 3.05) is 11.9 Å². The summed E-state index contributed by atoms with van der Waals surface area (Å²) in [5.74, 6) is -0.807. The van der Waals surface area contributed by atoms with Gasteiger partial charge in [0.25, 0.3) is 5.56 Å². The molecule has 134 valence electrons. The van der Waals surface area contributed by atoms with E-state index in [0.29, 0.717) is 26.3 Å². The molecule has 0 unspecified atom stereocenters. The molecule has 1 aromatic carbocycles. The Balaban J connectivity index is 1.89. The SMILES string of the molecule is CCOC(=O)c1sc2ncn(CC(=O)Nc3ccccc3)c(=O)c2c1C. The molecule has 1 N–H and O–H groups in total. The molecule has 1 amide bonds. The maximum atomic E-state index is 12.7. The van der Waals surface area contributed by atoms with Gasteiger partial charge in [0.05, 0.1) is 18.3 Å². The maximum Gasteiger partial charge on any atom is 0.348 e. The van der Waals surface area contributed by atoms with Crippen LogP contribution in [0.2, 0.25) is 0 Å². The molecule has 26 heavy (non-hydrogen) atoms. The van der Waals surface area contributed by atoms with Crippen LogP contribution in [0.5, 0.6) is 0 Å². The number of para-hydroxylation sites is 1. The summed E-state index contributed by atoms with van der Waals surface area (Å²) >= 11 is 1.12. The minimum Gasteiger partial charge on any atom is -0.462 e. The van der Waals surface area contributed by atoms with Crippen LogP contribution in [-0.4, -0.2) is 28.0 Å². The Morgan fingerprint density at radius 1 is 1.27 bits per heavy atom. The van der Waals surface area contributed by atoms with E-state index in [2.05, 4.69) is 10.3 Å². The first kappa shape index (κ1) is 17.8. The molecule has 2 heterocycles. The number of aryl methyl sites for hydroxylation is 1. The number of ether oxygens (including phenoxy) is 1. The number of fused-ring (bicyclic) bond motifs is 1. The van der Waals surface area contributed by atoms with Gasteiger partial charge in [0.1, 0.15) is 16.3 Å². The zero-order valence-electron chi connectivity index (χ0n) is 14.3. The molecule has 2 aromatic heterocycles. The number of thiophene rings is 1. The number of carbonyl (C=O) groups excluding carboxylic acids is 2. The molecule has 3 rings (SSSR count). The van der Waals surface area contributed by atoms with Gasteiger partial charge in [0.15, 0.2) is 0 Å². The number of nitrogens with one attached hydrogen (secondary N) is 1. The molecule has 0 aliphatic rings. The van der Waals surface area contributed by atoms with E-state index in [9.17, 15) is 14.4 Å². The highest BCUT2D eigenvalue weighted by Crippen LogP contribution is 2.27. The molecule has 0 aliphatic carbocycles. The molecule has 3 aromatic rings. The van der Waals surface area contributed by atoms with Gasteiger partial charge < -0.3 is 10.1 Å². The first-order valence-electron chi connectivity index (χ1n) is 8.01. The van der Waals surface area contributed by atoms with Crippen LogP contribution >= 0.6 is 11.3 Å². The van der Waals surface area contributed by atoms with Crippen molar-refractivity contribution >= 4 is 39.1 Å². The lowest BCUT2D eigenvalue weighted by atomic mass is 10.2. The molecule has 0 saturated heterocycles. The molecule has 8 heteroatoms. The van der Waals surface area contributed by atoms with E-state index in [-0.39, 0.29) is 24.6 Å². The molecular weight excluding hydrogens is 354 g/mol. The third-order valence-electron chi connectivity index (χ3n) is 3.75. The zero-order chi connectivity index (χ0) is 18.7. The van der Waals surface area contributed by atoms with Gasteiger partial charge in [0, 0.05) is 5.69 Å². The van der Waals surface area contributed by atoms with Gasteiger partial charge in [-0.2, -0.15) is 0 Å². The van der Waals surface area contributed by atoms with Crippen LogP contribution in [0.15, 0.2) is 41.5 Å². The zero-order valence-corrected chi connectivity index (χ0v) is 15.1. The van der Waals surface area contributed by atoms with Crippen LogP contribution in [0.4, 0.5) is 5.69 Å². The summed E-state index contributed by atoms with van der Waals surface area (Å²) in [5.41, 5.74) is 0.817. The Hall–Kier alpha value is -3.00. The first-order valence-corrected chi connectivity index (χ1v) is 8.83. The summed E-state index contributed by atoms with van der Waals surface area (Å²) in [4.78, 5) is 41.9. The number of hydrogen-bond acceptors (Lipinski definition) is 6. The fourth-order valence-corrected chi connectivity index (χ4v) is 3.57. The van der Waals surface area contributed by atoms with Gasteiger partial charge in [-0.25, -0.2) is 9.78 Å². The third-order valence-corrected chi connectivity index (χ3v) is 4.93. The molecule has 0 radical (unpaired) electrons. The van der Waals surface area contributed by atoms with Crippen LogP contribution in [0.3, 0.4) is 0 Å². The van der Waals surface area contributed by atoms with Gasteiger partial charge in [-0.05, 0) is 31.5 Å². The van der Waals surface area contributed by atoms with E-state index < -0.39 is 5.97 Å². The average molecular weight is 371 g/mol. The van der Waals surface area contributed by atoms with Crippen molar-refractivity contribution in [1.29, 1.82) is 0 Å². The molecule has 0 aliphatic heterocycles. The normalized spacial score (nSPS) is 10.7. The Morgan fingerprint density at radius 3 is 2.69 bits per heavy atom. The molecule has 7 nitrogen and oxygen atoms in total. The number of hydrogen-bond donors (Lipinski definition) is 1. The molecule has 0 saturated carbocycles. The molecular formula is C18H17N3O4S. The van der Waals surface area contributed by atoms with E-state index in [4.69, 9.17) is 4.74 Å². The van der Waals surface area contributed by atoms with Crippen LogP contribution in [0, 0.1) is 6.92 Å². The second-order valence-corrected chi connectivity index (χ2v) is 6.55. The van der Waals surface area contributed by atoms with Gasteiger partial charge in [-0.1, -0.05) is 18.2 Å². The number of nitrogens with zero attached hydrogens (tertiary/aromatic N) is 2. The van der Waals surface area contributed by atoms with Crippen LogP contribution in [-0.2, 0) is 16.1 Å². The van der Waals surface area contributed by atoms with Gasteiger partial charge in [-0.3, -0.25) is 14.2 Å². The van der Waals surface area contributed by atoms with E-state index in [1.807, 2.05) is 6.07 Å². The van der Waals surface area contributed by atoms with Crippen molar-refractivity contribution in [3.05, 3.63) is 57.5 Å². The molecule has 0 atom stereocenters. The number of aromatic nitrogens is 2. The quantitative estimate of drug-likeness (QED) is 0.696. The van der Waals surface area contributed by atoms with Crippen molar-refractivity contribution in [3.8, 4) is 0 Å². The van der Waals surface area contributed by atoms with Crippen molar-refractivity contribution in [3.63, 3.8) is 0 Å². The first-order chi connectivity index (χ1) is 12.5. The number of anilines is 1. The van der Waals surface area contributed by atoms with E-state index in [1.165, 1.54) is 10.9 Å². The summed E-state index contributed by atoms with van der Waals surface area (Å²) in [5, 5.41) is 3.06. The second kappa shape index (κ2) is 7.49. The standard InChI is InChI=1S/C18H17N3O4S/c1-3-25-18(24)15-11(2)14-16(26-15)19-10-21(17(14)23)9-13(22)20-12-7-5-4-6-8-12/h4-8,10H,3,9H2,1-2H3,(H,20,22). The molecule has 0 bridgehead atoms. The highest BCUT2D eigenvalue weighted by molar-refractivity contribution is 7.20. The topological polar surface area (TPSA) is 90.3 Å². The number of rotatable bonds is 5. The number of carbonyl (C=O) groups is 2. The Morgan fingerprint density at radius 2 is 2.00 bits per heavy atom. The summed E-state index contributed by atoms with van der Waals surface area (Å²) in [6.45, 7) is 3.49. The van der Waals surface area contributed by atoms with E-state index in [0.717, 1.165) is 11.3 Å². The summed E-state index contributed by atoms with van der Waals surface area (Å²) in [7, 11) is 0. The highest BCUT2D eigenvalue weighted by atomic mass is 32.1. The molecule has 0 spiro atoms. The van der Waals surface area contributed by atoms with Crippen LogP contribution < -0.4 is 10.9 Å². The Kier molecular flexibility index (Phi) is 5.13. The van der Waals surface area contributed by atoms with Crippen molar-refractivity contribution in [1.82, 2.24) is 9.55 Å². The van der Waals surface area contributed by atoms with Gasteiger partial charge in [0.2, 0.25) is 5.91 Å². The smallest absolute Gasteiger partial charge is 0.348 e. The lowest BCUT2D eigenvalue weighted by Gasteiger charge is -2.07. The number of amides is 1. The average Bonchev–Trinajstić information content (AvgIpc) is 2.96. The monoisotopic (exact) mass is 371 g/mol. The fourth-order valence-electron chi connectivity index (χ4n) is 2.54. The fraction of sp³-hybridized carbons (Fsp3) is 0.222. The predicted molar refractivity (Wildman–Crippen MR) is 99.6 cm³/mol. The minimum absolute atomic E-state index is 0.166. The highest BCUT2D eigenvalue weighted by Gasteiger charge is 2.20. The largest absolute Gasteiger partial charge is 0.462 e. The minimum atomic E-state index is -0.472. The third kappa shape index (κ3) is 3.50. The number of esters is 1. The van der Waals surface area contributed by atoms with Crippen LogP contribution in [0.25, 0.3) is 10.2 Å². The summed E-state index contributed by atoms with van der Waals surface area (Å²) in [6, 6.07) is 8.98. The van der Waals surface area contributed by atoms with E-state index >= 15 is 0 Å². The lowest BCUT2D eigenvalue weighted by Crippen LogP contribution is -2.27. The predicted octanol–water partition coefficient (Wildman–Crippen LogP) is 2.58. The van der Waals surface area contributed by atoms with Crippen molar-refractivity contribution < 1.29 is 14.3 Å². The molecule has 0 fully saturated rings. The Labute approximate surface area is 153 Å². The second-order valence-electron chi connectivity index (χ2n) is 5.55. The van der Waals surface area contributed by atoms with Crippen LogP contribution in [0.1, 0.15) is 22.2 Å². The maximum absolute atomic E-state index is 12.7. The van der Waals surface area contributed by atoms with Crippen molar-refractivity contribution in [2.24, 2.45) is 0 Å². The Bertz CT molecular complexity index is 1020. The number of benzene rings is 1. The summed E-state index contributed by atoms with van der Waals surface area (Å²) < 4.78 is 6.24. The lowest BCUT2D eigenvalue weighted by molar-refractivity contribution is -0.116. The van der Waals surface area contributed by atoms with E-state index in [1.54, 1.807) is 38.1 Å². The van der Waals surface area contributed by atoms with Gasteiger partial charge in [-0.15, -0.1) is 11.3 Å². The van der Waals surface area contributed by atoms with Crippen molar-refractivity contribution in [2.45, 2.75) is 20.4 Å². The summed E-state index contributed by atoms with van der Waals surface area (Å²) in [6.07, 6.45) is 1.32. The van der Waals surface area contributed by atoms with Gasteiger partial charge >= 0.3 is 5.97 Å².